The van der Waals surface area contributed by atoms with Gasteiger partial charge < -0.3 is 4.90 Å². The highest BCUT2D eigenvalue weighted by molar-refractivity contribution is 6.31. The van der Waals surface area contributed by atoms with Crippen molar-refractivity contribution in [3.05, 3.63) is 34.9 Å². The second kappa shape index (κ2) is 5.53. The zero-order chi connectivity index (χ0) is 13.1. The maximum Gasteiger partial charge on any atom is 0.254 e. The lowest BCUT2D eigenvalue weighted by atomic mass is 9.98. The zero-order valence-electron chi connectivity index (χ0n) is 10.4. The Balaban J connectivity index is 2.23. The summed E-state index contributed by atoms with van der Waals surface area (Å²) in [6.45, 7) is 2.20. The fourth-order valence-electron chi connectivity index (χ4n) is 2.38. The molecule has 0 N–H and O–H groups in total. The van der Waals surface area contributed by atoms with E-state index in [1.807, 2.05) is 0 Å². The summed E-state index contributed by atoms with van der Waals surface area (Å²) in [4.78, 5) is 25.7. The maximum absolute atomic E-state index is 12.4. The van der Waals surface area contributed by atoms with Crippen LogP contribution >= 0.6 is 11.6 Å². The Hall–Kier alpha value is -1.35. The van der Waals surface area contributed by atoms with E-state index < -0.39 is 0 Å². The molecule has 1 aliphatic rings. The standard InChI is InChI=1S/C14H16ClNO2/c1-10(17)13-7-2-3-8-16(13)14(18)11-5-4-6-12(15)9-11/h4-6,9,13H,2-3,7-8H2,1H3/t13-/m1/s1. The molecular formula is C14H16ClNO2. The SMILES string of the molecule is CC(=O)[C@H]1CCCCN1C(=O)c1cccc(Cl)c1. The first-order valence-electron chi connectivity index (χ1n) is 6.16. The average Bonchev–Trinajstić information content (AvgIpc) is 2.38. The number of ketones is 1. The molecule has 1 amide bonds. The molecule has 0 aliphatic carbocycles. The van der Waals surface area contributed by atoms with E-state index in [-0.39, 0.29) is 17.7 Å². The minimum absolute atomic E-state index is 0.0603. The van der Waals surface area contributed by atoms with Crippen LogP contribution in [0.4, 0.5) is 0 Å². The summed E-state index contributed by atoms with van der Waals surface area (Å²) >= 11 is 5.89. The Morgan fingerprint density at radius 2 is 2.11 bits per heavy atom. The molecule has 18 heavy (non-hydrogen) atoms. The van der Waals surface area contributed by atoms with Crippen molar-refractivity contribution in [2.75, 3.05) is 6.54 Å². The third-order valence-corrected chi connectivity index (χ3v) is 3.54. The zero-order valence-corrected chi connectivity index (χ0v) is 11.1. The first-order valence-corrected chi connectivity index (χ1v) is 6.54. The summed E-state index contributed by atoms with van der Waals surface area (Å²) in [5.74, 6) is -0.0394. The minimum Gasteiger partial charge on any atom is -0.329 e. The van der Waals surface area contributed by atoms with Crippen LogP contribution < -0.4 is 0 Å². The van der Waals surface area contributed by atoms with Gasteiger partial charge in [-0.1, -0.05) is 17.7 Å². The number of likely N-dealkylation sites (tertiary alicyclic amines) is 1. The highest BCUT2D eigenvalue weighted by atomic mass is 35.5. The number of hydrogen-bond donors (Lipinski definition) is 0. The van der Waals surface area contributed by atoms with E-state index in [0.29, 0.717) is 17.1 Å². The van der Waals surface area contributed by atoms with Crippen LogP contribution in [-0.4, -0.2) is 29.2 Å². The van der Waals surface area contributed by atoms with Crippen molar-refractivity contribution in [1.82, 2.24) is 4.90 Å². The fraction of sp³-hybridized carbons (Fsp3) is 0.429. The van der Waals surface area contributed by atoms with Crippen molar-refractivity contribution in [2.45, 2.75) is 32.2 Å². The Morgan fingerprint density at radius 1 is 1.33 bits per heavy atom. The van der Waals surface area contributed by atoms with E-state index in [4.69, 9.17) is 11.6 Å². The van der Waals surface area contributed by atoms with Gasteiger partial charge in [0, 0.05) is 17.1 Å². The van der Waals surface area contributed by atoms with Crippen molar-refractivity contribution < 1.29 is 9.59 Å². The smallest absolute Gasteiger partial charge is 0.254 e. The van der Waals surface area contributed by atoms with Gasteiger partial charge in [0.25, 0.3) is 5.91 Å². The molecule has 0 spiro atoms. The maximum atomic E-state index is 12.4. The van der Waals surface area contributed by atoms with Crippen molar-refractivity contribution >= 4 is 23.3 Å². The highest BCUT2D eigenvalue weighted by Gasteiger charge is 2.30. The average molecular weight is 266 g/mol. The quantitative estimate of drug-likeness (QED) is 0.825. The van der Waals surface area contributed by atoms with Crippen molar-refractivity contribution in [3.63, 3.8) is 0 Å². The normalized spacial score (nSPS) is 19.7. The summed E-state index contributed by atoms with van der Waals surface area (Å²) in [6, 6.07) is 6.60. The number of amides is 1. The molecule has 0 radical (unpaired) electrons. The number of carbonyl (C=O) groups excluding carboxylic acids is 2. The van der Waals surface area contributed by atoms with Crippen molar-refractivity contribution in [2.24, 2.45) is 0 Å². The molecule has 2 rings (SSSR count). The number of carbonyl (C=O) groups is 2. The molecule has 0 unspecified atom stereocenters. The van der Waals surface area contributed by atoms with Crippen LogP contribution in [0.25, 0.3) is 0 Å². The first-order chi connectivity index (χ1) is 8.59. The van der Waals surface area contributed by atoms with Gasteiger partial charge in [-0.15, -0.1) is 0 Å². The van der Waals surface area contributed by atoms with E-state index in [1.165, 1.54) is 0 Å². The van der Waals surface area contributed by atoms with Crippen LogP contribution in [-0.2, 0) is 4.79 Å². The van der Waals surface area contributed by atoms with Gasteiger partial charge in [-0.2, -0.15) is 0 Å². The molecule has 1 saturated heterocycles. The Bertz CT molecular complexity index is 473. The molecule has 1 atom stereocenters. The summed E-state index contributed by atoms with van der Waals surface area (Å²) in [7, 11) is 0. The van der Waals surface area contributed by atoms with Crippen LogP contribution in [0.15, 0.2) is 24.3 Å². The molecule has 0 saturated carbocycles. The number of halogens is 1. The lowest BCUT2D eigenvalue weighted by Crippen LogP contribution is -2.47. The number of piperidine rings is 1. The van der Waals surface area contributed by atoms with Crippen molar-refractivity contribution in [1.29, 1.82) is 0 Å². The van der Waals surface area contributed by atoms with Gasteiger partial charge in [0.2, 0.25) is 0 Å². The summed E-state index contributed by atoms with van der Waals surface area (Å²) in [5.41, 5.74) is 0.552. The molecule has 96 valence electrons. The van der Waals surface area contributed by atoms with Gasteiger partial charge >= 0.3 is 0 Å². The van der Waals surface area contributed by atoms with E-state index in [1.54, 1.807) is 36.1 Å². The van der Waals surface area contributed by atoms with Crippen LogP contribution in [0.1, 0.15) is 36.5 Å². The fourth-order valence-corrected chi connectivity index (χ4v) is 2.57. The molecule has 4 heteroatoms. The number of nitrogens with zero attached hydrogens (tertiary/aromatic N) is 1. The summed E-state index contributed by atoms with van der Waals surface area (Å²) in [5, 5.41) is 0.539. The van der Waals surface area contributed by atoms with Crippen LogP contribution in [0.5, 0.6) is 0 Å². The topological polar surface area (TPSA) is 37.4 Å². The highest BCUT2D eigenvalue weighted by Crippen LogP contribution is 2.21. The van der Waals surface area contributed by atoms with Gasteiger partial charge in [0.15, 0.2) is 5.78 Å². The predicted octanol–water partition coefficient (Wildman–Crippen LogP) is 2.92. The number of rotatable bonds is 2. The minimum atomic E-state index is -0.273. The second-order valence-corrected chi connectivity index (χ2v) is 5.07. The van der Waals surface area contributed by atoms with Gasteiger partial charge in [-0.3, -0.25) is 9.59 Å². The van der Waals surface area contributed by atoms with E-state index in [0.717, 1.165) is 19.3 Å². The third-order valence-electron chi connectivity index (χ3n) is 3.30. The summed E-state index contributed by atoms with van der Waals surface area (Å²) < 4.78 is 0. The lowest BCUT2D eigenvalue weighted by Gasteiger charge is -2.34. The number of benzene rings is 1. The molecular weight excluding hydrogens is 250 g/mol. The number of hydrogen-bond acceptors (Lipinski definition) is 2. The second-order valence-electron chi connectivity index (χ2n) is 4.63. The van der Waals surface area contributed by atoms with Gasteiger partial charge in [0.1, 0.15) is 0 Å². The van der Waals surface area contributed by atoms with Crippen LogP contribution in [0.3, 0.4) is 0 Å². The number of Topliss-reactive ketones (excluding diaryl/α,β-unsaturated/α-hetero) is 1. The van der Waals surface area contributed by atoms with Crippen LogP contribution in [0.2, 0.25) is 5.02 Å². The molecule has 1 aliphatic heterocycles. The molecule has 3 nitrogen and oxygen atoms in total. The lowest BCUT2D eigenvalue weighted by molar-refractivity contribution is -0.122. The van der Waals surface area contributed by atoms with E-state index in [9.17, 15) is 9.59 Å². The van der Waals surface area contributed by atoms with Crippen molar-refractivity contribution in [3.8, 4) is 0 Å². The molecule has 0 aromatic heterocycles. The Morgan fingerprint density at radius 3 is 2.78 bits per heavy atom. The Labute approximate surface area is 112 Å². The van der Waals surface area contributed by atoms with Gasteiger partial charge in [-0.25, -0.2) is 0 Å². The van der Waals surface area contributed by atoms with Gasteiger partial charge in [0.05, 0.1) is 6.04 Å². The third kappa shape index (κ3) is 2.72. The molecule has 1 aromatic carbocycles. The summed E-state index contributed by atoms with van der Waals surface area (Å²) in [6.07, 6.45) is 2.72. The largest absolute Gasteiger partial charge is 0.329 e. The van der Waals surface area contributed by atoms with E-state index >= 15 is 0 Å². The Kier molecular flexibility index (Phi) is 4.02. The molecule has 1 heterocycles. The van der Waals surface area contributed by atoms with E-state index in [2.05, 4.69) is 0 Å². The first kappa shape index (κ1) is 13.1. The molecule has 1 aromatic rings. The van der Waals surface area contributed by atoms with Crippen LogP contribution in [0, 0.1) is 0 Å². The predicted molar refractivity (Wildman–Crippen MR) is 70.8 cm³/mol. The van der Waals surface area contributed by atoms with Gasteiger partial charge in [-0.05, 0) is 44.4 Å². The molecule has 1 fully saturated rings. The monoisotopic (exact) mass is 265 g/mol. The molecule has 0 bridgehead atoms.